The van der Waals surface area contributed by atoms with Gasteiger partial charge in [-0.15, -0.1) is 0 Å². The van der Waals surface area contributed by atoms with Crippen molar-refractivity contribution in [3.63, 3.8) is 0 Å². The van der Waals surface area contributed by atoms with Crippen LogP contribution in [0.2, 0.25) is 0 Å². The van der Waals surface area contributed by atoms with Crippen LogP contribution in [0, 0.1) is 5.92 Å². The van der Waals surface area contributed by atoms with Gasteiger partial charge in [-0.05, 0) is 27.2 Å². The van der Waals surface area contributed by atoms with Crippen LogP contribution < -0.4 is 16.2 Å². The molecule has 0 aliphatic carbocycles. The first kappa shape index (κ1) is 14.3. The number of piperidine rings is 1. The summed E-state index contributed by atoms with van der Waals surface area (Å²) in [7, 11) is 0. The molecular formula is C11H19N3O4. The van der Waals surface area contributed by atoms with Crippen molar-refractivity contribution in [3.8, 4) is 0 Å². The van der Waals surface area contributed by atoms with E-state index in [0.29, 0.717) is 13.0 Å². The van der Waals surface area contributed by atoms with Gasteiger partial charge in [0.1, 0.15) is 5.60 Å². The summed E-state index contributed by atoms with van der Waals surface area (Å²) in [6, 6.07) is 0. The van der Waals surface area contributed by atoms with Crippen molar-refractivity contribution >= 4 is 17.9 Å². The van der Waals surface area contributed by atoms with Gasteiger partial charge in [0.25, 0.3) is 0 Å². The number of carbonyl (C=O) groups is 3. The lowest BCUT2D eigenvalue weighted by Gasteiger charge is -2.23. The lowest BCUT2D eigenvalue weighted by molar-refractivity contribution is -0.133. The van der Waals surface area contributed by atoms with Crippen molar-refractivity contribution in [1.82, 2.24) is 16.2 Å². The maximum atomic E-state index is 11.7. The van der Waals surface area contributed by atoms with Crippen LogP contribution in [0.5, 0.6) is 0 Å². The van der Waals surface area contributed by atoms with Crippen molar-refractivity contribution in [3.05, 3.63) is 0 Å². The fourth-order valence-corrected chi connectivity index (χ4v) is 1.53. The molecule has 0 radical (unpaired) electrons. The Labute approximate surface area is 106 Å². The third kappa shape index (κ3) is 5.03. The standard InChI is InChI=1S/C11H19N3O4/c1-11(2,3)18-10(17)14-13-9(16)7-4-5-12-8(15)6-7/h7H,4-6H2,1-3H3,(H,12,15)(H,13,16)(H,14,17). The number of carbonyl (C=O) groups excluding carboxylic acids is 3. The van der Waals surface area contributed by atoms with Crippen molar-refractivity contribution < 1.29 is 19.1 Å². The monoisotopic (exact) mass is 257 g/mol. The van der Waals surface area contributed by atoms with Crippen molar-refractivity contribution in [1.29, 1.82) is 0 Å². The van der Waals surface area contributed by atoms with E-state index in [4.69, 9.17) is 4.74 Å². The van der Waals surface area contributed by atoms with Gasteiger partial charge in [0.05, 0.1) is 5.92 Å². The van der Waals surface area contributed by atoms with Crippen molar-refractivity contribution in [2.45, 2.75) is 39.2 Å². The maximum Gasteiger partial charge on any atom is 0.426 e. The summed E-state index contributed by atoms with van der Waals surface area (Å²) in [5.74, 6) is -0.942. The summed E-state index contributed by atoms with van der Waals surface area (Å²) >= 11 is 0. The molecular weight excluding hydrogens is 238 g/mol. The van der Waals surface area contributed by atoms with E-state index in [2.05, 4.69) is 16.2 Å². The number of hydrogen-bond donors (Lipinski definition) is 3. The molecule has 1 heterocycles. The Bertz CT molecular complexity index is 349. The summed E-state index contributed by atoms with van der Waals surface area (Å²) in [5, 5.41) is 2.63. The van der Waals surface area contributed by atoms with E-state index in [9.17, 15) is 14.4 Å². The minimum absolute atomic E-state index is 0.141. The van der Waals surface area contributed by atoms with Crippen LogP contribution >= 0.6 is 0 Å². The average Bonchev–Trinajstić information content (AvgIpc) is 2.23. The molecule has 7 heteroatoms. The van der Waals surface area contributed by atoms with Gasteiger partial charge in [0.15, 0.2) is 0 Å². The molecule has 1 unspecified atom stereocenters. The second-order valence-corrected chi connectivity index (χ2v) is 5.16. The van der Waals surface area contributed by atoms with Crippen LogP contribution in [0.4, 0.5) is 4.79 Å². The van der Waals surface area contributed by atoms with E-state index in [0.717, 1.165) is 0 Å². The molecule has 1 rings (SSSR count). The first-order chi connectivity index (χ1) is 8.28. The van der Waals surface area contributed by atoms with Crippen LogP contribution in [-0.2, 0) is 14.3 Å². The molecule has 1 atom stereocenters. The van der Waals surface area contributed by atoms with Crippen LogP contribution in [0.25, 0.3) is 0 Å². The number of hydrazine groups is 1. The van der Waals surface area contributed by atoms with Gasteiger partial charge in [-0.1, -0.05) is 0 Å². The second kappa shape index (κ2) is 5.70. The zero-order chi connectivity index (χ0) is 13.8. The van der Waals surface area contributed by atoms with E-state index in [1.807, 2.05) is 0 Å². The Morgan fingerprint density at radius 3 is 2.56 bits per heavy atom. The highest BCUT2D eigenvalue weighted by atomic mass is 16.6. The van der Waals surface area contributed by atoms with Crippen LogP contribution in [0.15, 0.2) is 0 Å². The van der Waals surface area contributed by atoms with E-state index < -0.39 is 17.6 Å². The van der Waals surface area contributed by atoms with E-state index in [1.54, 1.807) is 20.8 Å². The zero-order valence-electron chi connectivity index (χ0n) is 10.8. The Morgan fingerprint density at radius 2 is 2.00 bits per heavy atom. The maximum absolute atomic E-state index is 11.7. The van der Waals surface area contributed by atoms with Gasteiger partial charge >= 0.3 is 6.09 Å². The molecule has 18 heavy (non-hydrogen) atoms. The Balaban J connectivity index is 2.32. The smallest absolute Gasteiger partial charge is 0.426 e. The largest absolute Gasteiger partial charge is 0.443 e. The van der Waals surface area contributed by atoms with Crippen molar-refractivity contribution in [2.75, 3.05) is 6.54 Å². The fraction of sp³-hybridized carbons (Fsp3) is 0.727. The molecule has 0 aromatic rings. The van der Waals surface area contributed by atoms with Crippen molar-refractivity contribution in [2.24, 2.45) is 5.92 Å². The number of rotatable bonds is 1. The third-order valence-electron chi connectivity index (χ3n) is 2.30. The molecule has 1 saturated heterocycles. The first-order valence-corrected chi connectivity index (χ1v) is 5.83. The summed E-state index contributed by atoms with van der Waals surface area (Å²) in [6.07, 6.45) is -0.0220. The minimum Gasteiger partial charge on any atom is -0.443 e. The summed E-state index contributed by atoms with van der Waals surface area (Å²) in [4.78, 5) is 34.0. The van der Waals surface area contributed by atoms with E-state index in [-0.39, 0.29) is 18.2 Å². The molecule has 7 nitrogen and oxygen atoms in total. The molecule has 3 N–H and O–H groups in total. The predicted octanol–water partition coefficient (Wildman–Crippen LogP) is 0.0685. The van der Waals surface area contributed by atoms with Crippen LogP contribution in [-0.4, -0.2) is 30.1 Å². The Kier molecular flexibility index (Phi) is 4.52. The first-order valence-electron chi connectivity index (χ1n) is 5.83. The van der Waals surface area contributed by atoms with Gasteiger partial charge in [-0.2, -0.15) is 0 Å². The summed E-state index contributed by atoms with van der Waals surface area (Å²) in [6.45, 7) is 5.64. The average molecular weight is 257 g/mol. The lowest BCUT2D eigenvalue weighted by atomic mass is 9.97. The molecule has 0 aromatic heterocycles. The van der Waals surface area contributed by atoms with E-state index in [1.165, 1.54) is 0 Å². The molecule has 0 spiro atoms. The van der Waals surface area contributed by atoms with Gasteiger partial charge in [-0.25, -0.2) is 10.2 Å². The highest BCUT2D eigenvalue weighted by Gasteiger charge is 2.26. The molecule has 3 amide bonds. The Hall–Kier alpha value is -1.79. The number of amides is 3. The fourth-order valence-electron chi connectivity index (χ4n) is 1.53. The highest BCUT2D eigenvalue weighted by molar-refractivity contribution is 5.87. The van der Waals surface area contributed by atoms with Gasteiger partial charge in [0.2, 0.25) is 11.8 Å². The zero-order valence-corrected chi connectivity index (χ0v) is 10.8. The lowest BCUT2D eigenvalue weighted by Crippen LogP contribution is -2.49. The topological polar surface area (TPSA) is 96.5 Å². The highest BCUT2D eigenvalue weighted by Crippen LogP contribution is 2.12. The third-order valence-corrected chi connectivity index (χ3v) is 2.30. The quantitative estimate of drug-likeness (QED) is 0.579. The number of ether oxygens (including phenoxy) is 1. The summed E-state index contributed by atoms with van der Waals surface area (Å²) < 4.78 is 4.95. The number of nitrogens with one attached hydrogen (secondary N) is 3. The van der Waals surface area contributed by atoms with Gasteiger partial charge in [-0.3, -0.25) is 15.0 Å². The summed E-state index contributed by atoms with van der Waals surface area (Å²) in [5.41, 5.74) is 3.79. The molecule has 1 aliphatic rings. The molecule has 0 bridgehead atoms. The molecule has 102 valence electrons. The molecule has 0 aromatic carbocycles. The second-order valence-electron chi connectivity index (χ2n) is 5.16. The molecule has 1 fully saturated rings. The number of hydrogen-bond acceptors (Lipinski definition) is 4. The van der Waals surface area contributed by atoms with E-state index >= 15 is 0 Å². The molecule has 0 saturated carbocycles. The normalized spacial score (nSPS) is 19.7. The molecule has 1 aliphatic heterocycles. The van der Waals surface area contributed by atoms with Crippen LogP contribution in [0.1, 0.15) is 33.6 Å². The SMILES string of the molecule is CC(C)(C)OC(=O)NNC(=O)C1CCNC(=O)C1. The van der Waals surface area contributed by atoms with Gasteiger partial charge in [0, 0.05) is 13.0 Å². The Morgan fingerprint density at radius 1 is 1.33 bits per heavy atom. The van der Waals surface area contributed by atoms with Gasteiger partial charge < -0.3 is 10.1 Å². The van der Waals surface area contributed by atoms with Crippen LogP contribution in [0.3, 0.4) is 0 Å². The minimum atomic E-state index is -0.726. The predicted molar refractivity (Wildman–Crippen MR) is 63.2 cm³/mol.